The van der Waals surface area contributed by atoms with Gasteiger partial charge in [0, 0.05) is 30.7 Å². The second-order valence-electron chi connectivity index (χ2n) is 6.03. The fraction of sp³-hybridized carbons (Fsp3) is 0.353. The van der Waals surface area contributed by atoms with Crippen LogP contribution in [0, 0.1) is 13.8 Å². The molecular weight excluding hydrogens is 302 g/mol. The van der Waals surface area contributed by atoms with Crippen molar-refractivity contribution in [1.82, 2.24) is 29.9 Å². The average molecular weight is 321 g/mol. The number of nitrogens with one attached hydrogen (secondary N) is 1. The quantitative estimate of drug-likeness (QED) is 0.798. The Morgan fingerprint density at radius 1 is 1.12 bits per heavy atom. The van der Waals surface area contributed by atoms with E-state index in [1.165, 1.54) is 0 Å². The first-order valence-electron chi connectivity index (χ1n) is 8.11. The van der Waals surface area contributed by atoms with E-state index in [-0.39, 0.29) is 6.04 Å². The van der Waals surface area contributed by atoms with Gasteiger partial charge in [-0.25, -0.2) is 24.9 Å². The number of imidazole rings is 1. The Morgan fingerprint density at radius 3 is 2.83 bits per heavy atom. The Labute approximate surface area is 140 Å². The summed E-state index contributed by atoms with van der Waals surface area (Å²) in [6.07, 6.45) is 7.33. The first-order valence-corrected chi connectivity index (χ1v) is 8.11. The summed E-state index contributed by atoms with van der Waals surface area (Å²) >= 11 is 0. The summed E-state index contributed by atoms with van der Waals surface area (Å²) in [6, 6.07) is 4.26. The van der Waals surface area contributed by atoms with Crippen LogP contribution in [0.1, 0.15) is 36.1 Å². The van der Waals surface area contributed by atoms with Crippen molar-refractivity contribution < 1.29 is 0 Å². The van der Waals surface area contributed by atoms with E-state index >= 15 is 0 Å². The minimum atomic E-state index is 0.203. The molecule has 3 aromatic rings. The molecular formula is C17H19N7. The van der Waals surface area contributed by atoms with Gasteiger partial charge in [0.2, 0.25) is 0 Å². The molecule has 1 saturated heterocycles. The number of anilines is 1. The summed E-state index contributed by atoms with van der Waals surface area (Å²) < 4.78 is 0. The zero-order valence-electron chi connectivity index (χ0n) is 13.8. The normalized spacial score (nSPS) is 17.4. The molecule has 1 aliphatic heterocycles. The molecule has 1 atom stereocenters. The summed E-state index contributed by atoms with van der Waals surface area (Å²) in [7, 11) is 0. The third-order valence-corrected chi connectivity index (χ3v) is 4.28. The van der Waals surface area contributed by atoms with Gasteiger partial charge in [-0.3, -0.25) is 0 Å². The van der Waals surface area contributed by atoms with Crippen LogP contribution in [0.2, 0.25) is 0 Å². The van der Waals surface area contributed by atoms with Gasteiger partial charge in [-0.05, 0) is 32.8 Å². The molecule has 0 saturated carbocycles. The van der Waals surface area contributed by atoms with E-state index in [1.54, 1.807) is 18.7 Å². The topological polar surface area (TPSA) is 83.5 Å². The fourth-order valence-corrected chi connectivity index (χ4v) is 3.23. The molecule has 4 rings (SSSR count). The number of nitrogens with zero attached hydrogens (tertiary/aromatic N) is 6. The van der Waals surface area contributed by atoms with E-state index < -0.39 is 0 Å². The number of aromatic amines is 1. The first kappa shape index (κ1) is 14.7. The molecule has 122 valence electrons. The molecule has 0 aromatic carbocycles. The predicted octanol–water partition coefficient (Wildman–Crippen LogP) is 2.62. The van der Waals surface area contributed by atoms with E-state index in [9.17, 15) is 0 Å². The van der Waals surface area contributed by atoms with Crippen molar-refractivity contribution in [2.45, 2.75) is 32.7 Å². The van der Waals surface area contributed by atoms with Crippen LogP contribution in [-0.4, -0.2) is 36.4 Å². The van der Waals surface area contributed by atoms with Crippen molar-refractivity contribution >= 4 is 5.82 Å². The van der Waals surface area contributed by atoms with Crippen LogP contribution in [0.5, 0.6) is 0 Å². The zero-order valence-corrected chi connectivity index (χ0v) is 13.8. The van der Waals surface area contributed by atoms with Gasteiger partial charge in [0.05, 0.1) is 11.7 Å². The van der Waals surface area contributed by atoms with Crippen LogP contribution in [-0.2, 0) is 0 Å². The molecule has 1 unspecified atom stereocenters. The molecule has 24 heavy (non-hydrogen) atoms. The van der Waals surface area contributed by atoms with Crippen molar-refractivity contribution in [1.29, 1.82) is 0 Å². The monoisotopic (exact) mass is 321 g/mol. The van der Waals surface area contributed by atoms with Crippen LogP contribution in [0.4, 0.5) is 5.82 Å². The van der Waals surface area contributed by atoms with E-state index in [0.29, 0.717) is 0 Å². The van der Waals surface area contributed by atoms with E-state index in [0.717, 1.165) is 53.9 Å². The van der Waals surface area contributed by atoms with Crippen molar-refractivity contribution in [2.24, 2.45) is 0 Å². The lowest BCUT2D eigenvalue weighted by Gasteiger charge is -2.25. The molecule has 0 bridgehead atoms. The third-order valence-electron chi connectivity index (χ3n) is 4.28. The summed E-state index contributed by atoms with van der Waals surface area (Å²) in [5, 5.41) is 0. The van der Waals surface area contributed by atoms with Crippen LogP contribution in [0.25, 0.3) is 11.5 Å². The van der Waals surface area contributed by atoms with Gasteiger partial charge >= 0.3 is 0 Å². The molecule has 1 N–H and O–H groups in total. The lowest BCUT2D eigenvalue weighted by molar-refractivity contribution is 0.679. The third kappa shape index (κ3) is 2.73. The molecule has 0 amide bonds. The van der Waals surface area contributed by atoms with Gasteiger partial charge in [0.1, 0.15) is 23.7 Å². The Bertz CT molecular complexity index is 844. The maximum atomic E-state index is 4.69. The Hall–Kier alpha value is -2.83. The highest BCUT2D eigenvalue weighted by molar-refractivity contribution is 5.51. The van der Waals surface area contributed by atoms with Gasteiger partial charge in [0.15, 0.2) is 5.82 Å². The molecule has 0 aliphatic carbocycles. The van der Waals surface area contributed by atoms with Crippen molar-refractivity contribution in [2.75, 3.05) is 11.4 Å². The van der Waals surface area contributed by atoms with Crippen molar-refractivity contribution in [3.05, 3.63) is 48.1 Å². The van der Waals surface area contributed by atoms with E-state index in [4.69, 9.17) is 0 Å². The predicted molar refractivity (Wildman–Crippen MR) is 90.4 cm³/mol. The molecule has 3 aromatic heterocycles. The minimum Gasteiger partial charge on any atom is -0.348 e. The average Bonchev–Trinajstić information content (AvgIpc) is 3.26. The van der Waals surface area contributed by atoms with Crippen molar-refractivity contribution in [3.8, 4) is 11.5 Å². The van der Waals surface area contributed by atoms with Gasteiger partial charge in [-0.2, -0.15) is 0 Å². The second-order valence-corrected chi connectivity index (χ2v) is 6.03. The lowest BCUT2D eigenvalue weighted by Crippen LogP contribution is -2.24. The van der Waals surface area contributed by atoms with E-state index in [1.807, 2.05) is 26.0 Å². The fourth-order valence-electron chi connectivity index (χ4n) is 3.23. The maximum absolute atomic E-state index is 4.69. The SMILES string of the molecule is Cc1cc(N2CCCC2c2cc(-c3ncc[nH]3)nc(C)n2)ncn1. The Kier molecular flexibility index (Phi) is 3.68. The molecule has 4 heterocycles. The number of aryl methyl sites for hydroxylation is 2. The largest absolute Gasteiger partial charge is 0.348 e. The highest BCUT2D eigenvalue weighted by Gasteiger charge is 2.29. The standard InChI is InChI=1S/C17H19N7/c1-11-8-16(21-10-20-11)24-7-3-4-15(24)13-9-14(23-12(2)22-13)17-18-5-6-19-17/h5-6,8-10,15H,3-4,7H2,1-2H3,(H,18,19). The molecule has 7 nitrogen and oxygen atoms in total. The number of hydrogen-bond donors (Lipinski definition) is 1. The van der Waals surface area contributed by atoms with Crippen LogP contribution >= 0.6 is 0 Å². The highest BCUT2D eigenvalue weighted by Crippen LogP contribution is 2.35. The number of rotatable bonds is 3. The smallest absolute Gasteiger partial charge is 0.156 e. The minimum absolute atomic E-state index is 0.203. The van der Waals surface area contributed by atoms with Gasteiger partial charge in [-0.1, -0.05) is 0 Å². The maximum Gasteiger partial charge on any atom is 0.156 e. The zero-order chi connectivity index (χ0) is 16.5. The Morgan fingerprint density at radius 2 is 2.04 bits per heavy atom. The molecule has 1 aliphatic rings. The highest BCUT2D eigenvalue weighted by atomic mass is 15.2. The molecule has 0 spiro atoms. The molecule has 0 radical (unpaired) electrons. The Balaban J connectivity index is 1.72. The van der Waals surface area contributed by atoms with Crippen LogP contribution in [0.15, 0.2) is 30.9 Å². The summed E-state index contributed by atoms with van der Waals surface area (Å²) in [6.45, 7) is 4.88. The molecule has 1 fully saturated rings. The first-order chi connectivity index (χ1) is 11.7. The number of H-pyrrole nitrogens is 1. The molecule has 7 heteroatoms. The number of aromatic nitrogens is 6. The summed E-state index contributed by atoms with van der Waals surface area (Å²) in [5.74, 6) is 2.48. The van der Waals surface area contributed by atoms with Crippen molar-refractivity contribution in [3.63, 3.8) is 0 Å². The number of hydrogen-bond acceptors (Lipinski definition) is 6. The van der Waals surface area contributed by atoms with Crippen LogP contribution < -0.4 is 4.90 Å². The van der Waals surface area contributed by atoms with E-state index in [2.05, 4.69) is 34.8 Å². The lowest BCUT2D eigenvalue weighted by atomic mass is 10.1. The van der Waals surface area contributed by atoms with Gasteiger partial charge < -0.3 is 9.88 Å². The van der Waals surface area contributed by atoms with Gasteiger partial charge in [-0.15, -0.1) is 0 Å². The second kappa shape index (κ2) is 5.99. The summed E-state index contributed by atoms with van der Waals surface area (Å²) in [5.41, 5.74) is 2.82. The summed E-state index contributed by atoms with van der Waals surface area (Å²) in [4.78, 5) is 27.6. The van der Waals surface area contributed by atoms with Crippen LogP contribution in [0.3, 0.4) is 0 Å². The van der Waals surface area contributed by atoms with Gasteiger partial charge in [0.25, 0.3) is 0 Å².